The third-order valence-electron chi connectivity index (χ3n) is 3.53. The van der Waals surface area contributed by atoms with E-state index in [0.29, 0.717) is 25.9 Å². The molecule has 0 saturated heterocycles. The van der Waals surface area contributed by atoms with Gasteiger partial charge in [0.05, 0.1) is 0 Å². The molecule has 0 radical (unpaired) electrons. The van der Waals surface area contributed by atoms with Crippen molar-refractivity contribution in [1.29, 1.82) is 0 Å². The van der Waals surface area contributed by atoms with Crippen molar-refractivity contribution in [2.75, 3.05) is 0 Å². The van der Waals surface area contributed by atoms with Crippen LogP contribution in [0.4, 0.5) is 0 Å². The summed E-state index contributed by atoms with van der Waals surface area (Å²) in [6, 6.07) is 11.9. The lowest BCUT2D eigenvalue weighted by molar-refractivity contribution is -0.118. The third kappa shape index (κ3) is 4.42. The molecule has 1 aromatic heterocycles. The van der Waals surface area contributed by atoms with Crippen LogP contribution in [0, 0.1) is 6.92 Å². The van der Waals surface area contributed by atoms with Gasteiger partial charge in [0.15, 0.2) is 0 Å². The van der Waals surface area contributed by atoms with Crippen LogP contribution in [-0.4, -0.2) is 10.8 Å². The minimum atomic E-state index is 0.270. The average Bonchev–Trinajstić information content (AvgIpc) is 2.53. The Bertz CT molecular complexity index is 593. The zero-order valence-corrected chi connectivity index (χ0v) is 12.6. The highest BCUT2D eigenvalue weighted by atomic mass is 16.5. The van der Waals surface area contributed by atoms with Crippen molar-refractivity contribution in [3.63, 3.8) is 0 Å². The molecule has 21 heavy (non-hydrogen) atoms. The summed E-state index contributed by atoms with van der Waals surface area (Å²) in [6.45, 7) is 4.43. The normalized spacial score (nSPS) is 10.4. The maximum absolute atomic E-state index is 11.4. The number of aromatic nitrogens is 1. The molecule has 0 aliphatic heterocycles. The number of ketones is 1. The Hall–Kier alpha value is -2.16. The zero-order valence-electron chi connectivity index (χ0n) is 12.6. The van der Waals surface area contributed by atoms with Gasteiger partial charge in [0.25, 0.3) is 0 Å². The Labute approximate surface area is 126 Å². The third-order valence-corrected chi connectivity index (χ3v) is 3.53. The van der Waals surface area contributed by atoms with Gasteiger partial charge in [0, 0.05) is 30.3 Å². The summed E-state index contributed by atoms with van der Waals surface area (Å²) in [6.07, 6.45) is 3.57. The molecule has 1 aromatic carbocycles. The summed E-state index contributed by atoms with van der Waals surface area (Å²) < 4.78 is 5.87. The number of Topliss-reactive ketones (excluding diaryl/α,β-unsaturated/α-hetero) is 1. The van der Waals surface area contributed by atoms with Crippen molar-refractivity contribution >= 4 is 5.78 Å². The van der Waals surface area contributed by atoms with Crippen molar-refractivity contribution in [3.05, 3.63) is 59.4 Å². The van der Waals surface area contributed by atoms with Crippen molar-refractivity contribution in [2.45, 2.75) is 39.7 Å². The second-order valence-corrected chi connectivity index (χ2v) is 5.05. The lowest BCUT2D eigenvalue weighted by Gasteiger charge is -2.12. The number of benzene rings is 1. The summed E-state index contributed by atoms with van der Waals surface area (Å²) in [4.78, 5) is 15.8. The molecule has 0 bridgehead atoms. The molecule has 1 heterocycles. The first kappa shape index (κ1) is 15.2. The fourth-order valence-corrected chi connectivity index (χ4v) is 2.14. The second-order valence-electron chi connectivity index (χ2n) is 5.05. The van der Waals surface area contributed by atoms with Crippen molar-refractivity contribution in [2.24, 2.45) is 0 Å². The molecule has 0 unspecified atom stereocenters. The molecule has 0 spiro atoms. The van der Waals surface area contributed by atoms with E-state index in [0.717, 1.165) is 22.6 Å². The van der Waals surface area contributed by atoms with Gasteiger partial charge in [-0.15, -0.1) is 0 Å². The molecule has 0 N–H and O–H groups in total. The van der Waals surface area contributed by atoms with Gasteiger partial charge >= 0.3 is 0 Å². The average molecular weight is 283 g/mol. The fraction of sp³-hybridized carbons (Fsp3) is 0.333. The molecule has 2 rings (SSSR count). The molecule has 110 valence electrons. The molecule has 0 atom stereocenters. The van der Waals surface area contributed by atoms with Crippen LogP contribution in [-0.2, 0) is 17.8 Å². The maximum atomic E-state index is 11.4. The maximum Gasteiger partial charge on any atom is 0.133 e. The molecule has 0 aliphatic rings. The van der Waals surface area contributed by atoms with Gasteiger partial charge in [-0.25, -0.2) is 0 Å². The Morgan fingerprint density at radius 2 is 1.95 bits per heavy atom. The second kappa shape index (κ2) is 7.58. The summed E-state index contributed by atoms with van der Waals surface area (Å²) in [5, 5.41) is 0. The van der Waals surface area contributed by atoms with Gasteiger partial charge in [-0.05, 0) is 25.0 Å². The topological polar surface area (TPSA) is 39.2 Å². The number of carbonyl (C=O) groups is 1. The van der Waals surface area contributed by atoms with Crippen LogP contribution in [0.2, 0.25) is 0 Å². The van der Waals surface area contributed by atoms with E-state index in [4.69, 9.17) is 4.74 Å². The van der Waals surface area contributed by atoms with Crippen LogP contribution in [0.15, 0.2) is 42.6 Å². The van der Waals surface area contributed by atoms with Gasteiger partial charge in [-0.3, -0.25) is 9.78 Å². The van der Waals surface area contributed by atoms with E-state index in [1.165, 1.54) is 0 Å². The number of hydrogen-bond acceptors (Lipinski definition) is 3. The molecule has 3 nitrogen and oxygen atoms in total. The molecule has 3 heteroatoms. The van der Waals surface area contributed by atoms with Crippen molar-refractivity contribution < 1.29 is 9.53 Å². The quantitative estimate of drug-likeness (QED) is 0.774. The number of pyridine rings is 1. The van der Waals surface area contributed by atoms with Gasteiger partial charge in [0.1, 0.15) is 18.1 Å². The molecular weight excluding hydrogens is 262 g/mol. The molecular formula is C18H21NO2. The van der Waals surface area contributed by atoms with E-state index in [1.54, 1.807) is 6.20 Å². The van der Waals surface area contributed by atoms with E-state index in [-0.39, 0.29) is 5.78 Å². The SMILES string of the molecule is CCC(=O)CCc1nccc(OCc2ccccc2)c1C. The standard InChI is InChI=1S/C18H21NO2/c1-3-16(20)9-10-17-14(2)18(11-12-19-17)21-13-15-7-5-4-6-8-15/h4-8,11-12H,3,9-10,13H2,1-2H3. The predicted octanol–water partition coefficient (Wildman–Crippen LogP) is 3.88. The lowest BCUT2D eigenvalue weighted by Crippen LogP contribution is -2.04. The molecule has 0 fully saturated rings. The van der Waals surface area contributed by atoms with Crippen LogP contribution in [0.3, 0.4) is 0 Å². The van der Waals surface area contributed by atoms with Gasteiger partial charge < -0.3 is 4.74 Å². The summed E-state index contributed by atoms with van der Waals surface area (Å²) in [5.74, 6) is 1.11. The van der Waals surface area contributed by atoms with E-state index in [9.17, 15) is 4.79 Å². The number of hydrogen-bond donors (Lipinski definition) is 0. The monoisotopic (exact) mass is 283 g/mol. The van der Waals surface area contributed by atoms with Gasteiger partial charge in [-0.1, -0.05) is 37.3 Å². The summed E-state index contributed by atoms with van der Waals surface area (Å²) >= 11 is 0. The highest BCUT2D eigenvalue weighted by molar-refractivity contribution is 5.78. The van der Waals surface area contributed by atoms with Gasteiger partial charge in [0.2, 0.25) is 0 Å². The minimum absolute atomic E-state index is 0.270. The Morgan fingerprint density at radius 1 is 1.19 bits per heavy atom. The molecule has 0 aliphatic carbocycles. The summed E-state index contributed by atoms with van der Waals surface area (Å²) in [5.41, 5.74) is 3.11. The Morgan fingerprint density at radius 3 is 2.67 bits per heavy atom. The largest absolute Gasteiger partial charge is 0.489 e. The highest BCUT2D eigenvalue weighted by Crippen LogP contribution is 2.21. The Balaban J connectivity index is 2.02. The van der Waals surface area contributed by atoms with Crippen LogP contribution in [0.1, 0.15) is 36.6 Å². The predicted molar refractivity (Wildman–Crippen MR) is 83.4 cm³/mol. The molecule has 2 aromatic rings. The molecule has 0 saturated carbocycles. The lowest BCUT2D eigenvalue weighted by atomic mass is 10.1. The number of rotatable bonds is 7. The van der Waals surface area contributed by atoms with Gasteiger partial charge in [-0.2, -0.15) is 0 Å². The molecule has 0 amide bonds. The van der Waals surface area contributed by atoms with Crippen LogP contribution < -0.4 is 4.74 Å². The first-order valence-electron chi connectivity index (χ1n) is 7.33. The van der Waals surface area contributed by atoms with Crippen LogP contribution in [0.5, 0.6) is 5.75 Å². The van der Waals surface area contributed by atoms with Crippen LogP contribution >= 0.6 is 0 Å². The Kier molecular flexibility index (Phi) is 5.50. The highest BCUT2D eigenvalue weighted by Gasteiger charge is 2.08. The first-order chi connectivity index (χ1) is 10.2. The minimum Gasteiger partial charge on any atom is -0.489 e. The van der Waals surface area contributed by atoms with E-state index < -0.39 is 0 Å². The summed E-state index contributed by atoms with van der Waals surface area (Å²) in [7, 11) is 0. The van der Waals surface area contributed by atoms with E-state index >= 15 is 0 Å². The first-order valence-corrected chi connectivity index (χ1v) is 7.33. The fourth-order valence-electron chi connectivity index (χ4n) is 2.14. The van der Waals surface area contributed by atoms with E-state index in [2.05, 4.69) is 4.98 Å². The number of ether oxygens (including phenoxy) is 1. The van der Waals surface area contributed by atoms with Crippen LogP contribution in [0.25, 0.3) is 0 Å². The number of nitrogens with zero attached hydrogens (tertiary/aromatic N) is 1. The van der Waals surface area contributed by atoms with Crippen molar-refractivity contribution in [3.8, 4) is 5.75 Å². The number of aryl methyl sites for hydroxylation is 1. The van der Waals surface area contributed by atoms with Crippen molar-refractivity contribution in [1.82, 2.24) is 4.98 Å². The smallest absolute Gasteiger partial charge is 0.133 e. The number of carbonyl (C=O) groups excluding carboxylic acids is 1. The van der Waals surface area contributed by atoms with E-state index in [1.807, 2.05) is 50.2 Å². The zero-order chi connectivity index (χ0) is 15.1.